The number of thiophene rings is 1. The molecule has 0 aliphatic carbocycles. The molecule has 0 amide bonds. The summed E-state index contributed by atoms with van der Waals surface area (Å²) in [4.78, 5) is 7.83. The first kappa shape index (κ1) is 8.19. The van der Waals surface area contributed by atoms with Gasteiger partial charge < -0.3 is 5.32 Å². The smallest absolute Gasteiger partial charge is 0.115 e. The molecule has 0 spiro atoms. The van der Waals surface area contributed by atoms with E-state index in [0.717, 1.165) is 12.2 Å². The lowest BCUT2D eigenvalue weighted by molar-refractivity contribution is 1.11. The summed E-state index contributed by atoms with van der Waals surface area (Å²) in [7, 11) is 0. The predicted octanol–water partition coefficient (Wildman–Crippen LogP) is 2.15. The van der Waals surface area contributed by atoms with E-state index in [-0.39, 0.29) is 0 Å². The Morgan fingerprint density at radius 2 is 2.15 bits per heavy atom. The number of nitrogens with one attached hydrogen (secondary N) is 1. The number of anilines is 1. The zero-order valence-corrected chi connectivity index (χ0v) is 7.79. The average molecular weight is 191 g/mol. The fourth-order valence-electron chi connectivity index (χ4n) is 0.988. The zero-order valence-electron chi connectivity index (χ0n) is 6.97. The van der Waals surface area contributed by atoms with Crippen molar-refractivity contribution in [3.8, 4) is 0 Å². The summed E-state index contributed by atoms with van der Waals surface area (Å²) in [5.41, 5.74) is 2.24. The molecule has 66 valence electrons. The van der Waals surface area contributed by atoms with Gasteiger partial charge in [0.25, 0.3) is 0 Å². The van der Waals surface area contributed by atoms with E-state index in [1.165, 1.54) is 11.9 Å². The van der Waals surface area contributed by atoms with Gasteiger partial charge in [0.2, 0.25) is 0 Å². The van der Waals surface area contributed by atoms with E-state index < -0.39 is 0 Å². The summed E-state index contributed by atoms with van der Waals surface area (Å²) in [6, 6.07) is 2.10. The molecule has 13 heavy (non-hydrogen) atoms. The van der Waals surface area contributed by atoms with Crippen LogP contribution in [-0.4, -0.2) is 9.97 Å². The van der Waals surface area contributed by atoms with Crippen LogP contribution in [0, 0.1) is 0 Å². The van der Waals surface area contributed by atoms with Crippen LogP contribution < -0.4 is 5.32 Å². The van der Waals surface area contributed by atoms with Gasteiger partial charge in [0, 0.05) is 6.54 Å². The lowest BCUT2D eigenvalue weighted by Gasteiger charge is -2.02. The Labute approximate surface area is 80.5 Å². The molecule has 2 rings (SSSR count). The van der Waals surface area contributed by atoms with Crippen molar-refractivity contribution in [3.63, 3.8) is 0 Å². The van der Waals surface area contributed by atoms with Crippen molar-refractivity contribution in [1.29, 1.82) is 0 Å². The topological polar surface area (TPSA) is 37.8 Å². The van der Waals surface area contributed by atoms with Crippen LogP contribution in [0.2, 0.25) is 0 Å². The highest BCUT2D eigenvalue weighted by molar-refractivity contribution is 7.07. The van der Waals surface area contributed by atoms with Crippen LogP contribution in [0.5, 0.6) is 0 Å². The van der Waals surface area contributed by atoms with Crippen molar-refractivity contribution < 1.29 is 0 Å². The molecule has 0 bridgehead atoms. The van der Waals surface area contributed by atoms with Crippen molar-refractivity contribution >= 4 is 17.0 Å². The Kier molecular flexibility index (Phi) is 2.52. The fourth-order valence-corrected chi connectivity index (χ4v) is 1.66. The number of aromatic nitrogens is 2. The third-order valence-electron chi connectivity index (χ3n) is 1.64. The van der Waals surface area contributed by atoms with Crippen LogP contribution in [0.3, 0.4) is 0 Å². The highest BCUT2D eigenvalue weighted by atomic mass is 32.1. The van der Waals surface area contributed by atoms with Gasteiger partial charge in [0.15, 0.2) is 0 Å². The molecule has 0 aliphatic heterocycles. The van der Waals surface area contributed by atoms with Crippen molar-refractivity contribution in [2.75, 3.05) is 5.32 Å². The van der Waals surface area contributed by atoms with E-state index in [2.05, 4.69) is 32.1 Å². The predicted molar refractivity (Wildman–Crippen MR) is 53.7 cm³/mol. The maximum absolute atomic E-state index is 3.91. The maximum atomic E-state index is 3.91. The van der Waals surface area contributed by atoms with Crippen LogP contribution in [0.4, 0.5) is 5.69 Å². The summed E-state index contributed by atoms with van der Waals surface area (Å²) in [6.07, 6.45) is 5.05. The number of rotatable bonds is 3. The van der Waals surface area contributed by atoms with Gasteiger partial charge in [-0.3, -0.25) is 0 Å². The van der Waals surface area contributed by atoms with Crippen molar-refractivity contribution in [2.45, 2.75) is 6.54 Å². The van der Waals surface area contributed by atoms with Crippen molar-refractivity contribution in [2.24, 2.45) is 0 Å². The highest BCUT2D eigenvalue weighted by Crippen LogP contribution is 2.08. The van der Waals surface area contributed by atoms with E-state index in [0.29, 0.717) is 0 Å². The molecule has 0 radical (unpaired) electrons. The third-order valence-corrected chi connectivity index (χ3v) is 2.37. The van der Waals surface area contributed by atoms with E-state index >= 15 is 0 Å². The second-order valence-electron chi connectivity index (χ2n) is 2.61. The number of nitrogens with zero attached hydrogens (tertiary/aromatic N) is 2. The van der Waals surface area contributed by atoms with Gasteiger partial charge in [0.05, 0.1) is 18.1 Å². The van der Waals surface area contributed by atoms with Gasteiger partial charge in [0.1, 0.15) is 6.33 Å². The minimum atomic E-state index is 0.830. The molecule has 3 nitrogen and oxygen atoms in total. The molecular formula is C9H9N3S. The van der Waals surface area contributed by atoms with Crippen LogP contribution in [-0.2, 0) is 6.54 Å². The van der Waals surface area contributed by atoms with Crippen molar-refractivity contribution in [1.82, 2.24) is 9.97 Å². The maximum Gasteiger partial charge on any atom is 0.115 e. The minimum Gasteiger partial charge on any atom is -0.378 e. The molecule has 2 aromatic rings. The van der Waals surface area contributed by atoms with Gasteiger partial charge in [-0.05, 0) is 22.4 Å². The zero-order chi connectivity index (χ0) is 8.93. The van der Waals surface area contributed by atoms with Crippen LogP contribution in [0.15, 0.2) is 35.5 Å². The van der Waals surface area contributed by atoms with E-state index in [1.54, 1.807) is 23.7 Å². The quantitative estimate of drug-likeness (QED) is 0.807. The van der Waals surface area contributed by atoms with Crippen molar-refractivity contribution in [3.05, 3.63) is 41.1 Å². The molecule has 2 heterocycles. The lowest BCUT2D eigenvalue weighted by atomic mass is 10.3. The van der Waals surface area contributed by atoms with Gasteiger partial charge in [-0.2, -0.15) is 11.3 Å². The second kappa shape index (κ2) is 4.00. The summed E-state index contributed by atoms with van der Waals surface area (Å²) in [5, 5.41) is 7.42. The first-order valence-electron chi connectivity index (χ1n) is 3.95. The standard InChI is InChI=1S/C9H9N3S/c1-2-13-6-8(1)3-12-9-4-10-7-11-5-9/h1-2,4-7,12H,3H2. The first-order valence-corrected chi connectivity index (χ1v) is 4.89. The molecular weight excluding hydrogens is 182 g/mol. The Balaban J connectivity index is 1.94. The molecule has 0 fully saturated rings. The summed E-state index contributed by atoms with van der Waals surface area (Å²) >= 11 is 1.70. The molecule has 0 unspecified atom stereocenters. The number of hydrogen-bond acceptors (Lipinski definition) is 4. The van der Waals surface area contributed by atoms with E-state index in [9.17, 15) is 0 Å². The normalized spacial score (nSPS) is 9.85. The Hall–Kier alpha value is -1.42. The van der Waals surface area contributed by atoms with Crippen LogP contribution in [0.25, 0.3) is 0 Å². The minimum absolute atomic E-state index is 0.830. The summed E-state index contributed by atoms with van der Waals surface area (Å²) in [6.45, 7) is 0.830. The molecule has 0 atom stereocenters. The monoisotopic (exact) mass is 191 g/mol. The third kappa shape index (κ3) is 2.26. The average Bonchev–Trinajstić information content (AvgIpc) is 2.69. The molecule has 4 heteroatoms. The molecule has 0 saturated heterocycles. The summed E-state index contributed by atoms with van der Waals surface area (Å²) in [5.74, 6) is 0. The second-order valence-corrected chi connectivity index (χ2v) is 3.39. The SMILES string of the molecule is c1ncc(NCc2ccsc2)cn1. The van der Waals surface area contributed by atoms with Crippen LogP contribution >= 0.6 is 11.3 Å². The highest BCUT2D eigenvalue weighted by Gasteiger charge is 1.93. The Morgan fingerprint density at radius 1 is 1.31 bits per heavy atom. The molecule has 0 aromatic carbocycles. The molecule has 1 N–H and O–H groups in total. The first-order chi connectivity index (χ1) is 6.45. The van der Waals surface area contributed by atoms with Gasteiger partial charge >= 0.3 is 0 Å². The largest absolute Gasteiger partial charge is 0.378 e. The lowest BCUT2D eigenvalue weighted by Crippen LogP contribution is -1.98. The molecule has 0 aliphatic rings. The fraction of sp³-hybridized carbons (Fsp3) is 0.111. The molecule has 0 saturated carbocycles. The van der Waals surface area contributed by atoms with Gasteiger partial charge in [-0.15, -0.1) is 0 Å². The Morgan fingerprint density at radius 3 is 2.85 bits per heavy atom. The van der Waals surface area contributed by atoms with E-state index in [1.807, 2.05) is 0 Å². The molecule has 2 aromatic heterocycles. The van der Waals surface area contributed by atoms with Crippen LogP contribution in [0.1, 0.15) is 5.56 Å². The summed E-state index contributed by atoms with van der Waals surface area (Å²) < 4.78 is 0. The Bertz CT molecular complexity index is 344. The number of hydrogen-bond donors (Lipinski definition) is 1. The van der Waals surface area contributed by atoms with E-state index in [4.69, 9.17) is 0 Å². The van der Waals surface area contributed by atoms with Gasteiger partial charge in [-0.25, -0.2) is 9.97 Å². The van der Waals surface area contributed by atoms with Gasteiger partial charge in [-0.1, -0.05) is 0 Å².